The Morgan fingerprint density at radius 2 is 1.88 bits per heavy atom. The summed E-state index contributed by atoms with van der Waals surface area (Å²) in [5, 5.41) is 6.95. The predicted octanol–water partition coefficient (Wildman–Crippen LogP) is 5.09. The molecular formula is C23H34N2O. The fraction of sp³-hybridized carbons (Fsp3) is 0.522. The smallest absolute Gasteiger partial charge is 0.159 e. The van der Waals surface area contributed by atoms with Crippen molar-refractivity contribution in [2.75, 3.05) is 13.1 Å². The summed E-state index contributed by atoms with van der Waals surface area (Å²) < 4.78 is 0. The molecule has 0 bridgehead atoms. The summed E-state index contributed by atoms with van der Waals surface area (Å²) in [6.07, 6.45) is 9.94. The van der Waals surface area contributed by atoms with Crippen molar-refractivity contribution in [3.05, 3.63) is 52.7 Å². The minimum Gasteiger partial charge on any atom is -0.359 e. The molecule has 142 valence electrons. The molecule has 2 N–H and O–H groups in total. The molecule has 1 aromatic rings. The summed E-state index contributed by atoms with van der Waals surface area (Å²) in [7, 11) is 0. The van der Waals surface area contributed by atoms with Crippen molar-refractivity contribution < 1.29 is 4.79 Å². The second-order valence-electron chi connectivity index (χ2n) is 7.38. The molecule has 0 unspecified atom stereocenters. The molecule has 3 heteroatoms. The van der Waals surface area contributed by atoms with Gasteiger partial charge in [-0.1, -0.05) is 25.5 Å². The highest BCUT2D eigenvalue weighted by Gasteiger charge is 2.16. The largest absolute Gasteiger partial charge is 0.359 e. The number of carbonyl (C=O) groups excluding carboxylic acids is 1. The molecule has 1 aromatic carbocycles. The van der Waals surface area contributed by atoms with Gasteiger partial charge in [-0.3, -0.25) is 4.79 Å². The summed E-state index contributed by atoms with van der Waals surface area (Å²) >= 11 is 0. The monoisotopic (exact) mass is 354 g/mol. The number of hydrogen-bond acceptors (Lipinski definition) is 3. The molecule has 0 saturated carbocycles. The second kappa shape index (κ2) is 10.3. The lowest BCUT2D eigenvalue weighted by Gasteiger charge is -2.23. The molecule has 1 saturated heterocycles. The van der Waals surface area contributed by atoms with E-state index in [1.807, 2.05) is 13.0 Å². The summed E-state index contributed by atoms with van der Waals surface area (Å²) in [6.45, 7) is 10.2. The zero-order valence-corrected chi connectivity index (χ0v) is 16.8. The topological polar surface area (TPSA) is 41.1 Å². The SMILES string of the molecule is C/C=C(/C)N/C(=C/CCC)c1cc(CC2CCNCC2)cc(C(C)=O)c1. The van der Waals surface area contributed by atoms with E-state index in [0.717, 1.165) is 54.9 Å². The molecule has 0 spiro atoms. The Bertz CT molecular complexity index is 667. The van der Waals surface area contributed by atoms with Crippen molar-refractivity contribution in [1.29, 1.82) is 0 Å². The van der Waals surface area contributed by atoms with E-state index in [1.165, 1.54) is 18.4 Å². The summed E-state index contributed by atoms with van der Waals surface area (Å²) in [5.74, 6) is 0.843. The van der Waals surface area contributed by atoms with Gasteiger partial charge in [-0.05, 0) is 94.8 Å². The number of ketones is 1. The first kappa shape index (κ1) is 20.4. The van der Waals surface area contributed by atoms with Crippen molar-refractivity contribution in [3.8, 4) is 0 Å². The summed E-state index contributed by atoms with van der Waals surface area (Å²) in [4.78, 5) is 12.1. The van der Waals surface area contributed by atoms with Crippen LogP contribution in [-0.4, -0.2) is 18.9 Å². The molecule has 1 aliphatic heterocycles. The highest BCUT2D eigenvalue weighted by molar-refractivity contribution is 5.95. The third kappa shape index (κ3) is 6.14. The molecule has 2 rings (SSSR count). The average molecular weight is 355 g/mol. The van der Waals surface area contributed by atoms with E-state index in [9.17, 15) is 4.79 Å². The quantitative estimate of drug-likeness (QED) is 0.639. The highest BCUT2D eigenvalue weighted by atomic mass is 16.1. The van der Waals surface area contributed by atoms with E-state index in [1.54, 1.807) is 6.92 Å². The Balaban J connectivity index is 2.35. The number of rotatable bonds is 8. The van der Waals surface area contributed by atoms with E-state index in [4.69, 9.17) is 0 Å². The van der Waals surface area contributed by atoms with Gasteiger partial charge in [0.05, 0.1) is 0 Å². The Kier molecular flexibility index (Phi) is 8.11. The van der Waals surface area contributed by atoms with Gasteiger partial charge in [0, 0.05) is 17.0 Å². The Morgan fingerprint density at radius 1 is 1.19 bits per heavy atom. The maximum atomic E-state index is 12.1. The normalized spacial score (nSPS) is 16.6. The fourth-order valence-corrected chi connectivity index (χ4v) is 3.40. The van der Waals surface area contributed by atoms with Gasteiger partial charge in [0.1, 0.15) is 0 Å². The van der Waals surface area contributed by atoms with Gasteiger partial charge >= 0.3 is 0 Å². The summed E-state index contributed by atoms with van der Waals surface area (Å²) in [5.41, 5.74) is 5.45. The predicted molar refractivity (Wildman–Crippen MR) is 111 cm³/mol. The van der Waals surface area contributed by atoms with Crippen molar-refractivity contribution in [2.24, 2.45) is 5.92 Å². The molecule has 0 aromatic heterocycles. The molecule has 0 atom stereocenters. The molecular weight excluding hydrogens is 320 g/mol. The fourth-order valence-electron chi connectivity index (χ4n) is 3.40. The van der Waals surface area contributed by atoms with Crippen LogP contribution >= 0.6 is 0 Å². The lowest BCUT2D eigenvalue weighted by atomic mass is 9.89. The number of allylic oxidation sites excluding steroid dienone is 3. The second-order valence-corrected chi connectivity index (χ2v) is 7.38. The first-order valence-corrected chi connectivity index (χ1v) is 9.99. The Labute approximate surface area is 159 Å². The van der Waals surface area contributed by atoms with Crippen molar-refractivity contribution in [3.63, 3.8) is 0 Å². The zero-order valence-electron chi connectivity index (χ0n) is 16.8. The van der Waals surface area contributed by atoms with Crippen molar-refractivity contribution in [2.45, 2.75) is 59.8 Å². The van der Waals surface area contributed by atoms with E-state index in [-0.39, 0.29) is 5.78 Å². The molecule has 0 radical (unpaired) electrons. The maximum absolute atomic E-state index is 12.1. The molecule has 1 fully saturated rings. The number of nitrogens with one attached hydrogen (secondary N) is 2. The lowest BCUT2D eigenvalue weighted by Crippen LogP contribution is -2.28. The number of carbonyl (C=O) groups is 1. The molecule has 1 heterocycles. The average Bonchev–Trinajstić information content (AvgIpc) is 2.65. The Morgan fingerprint density at radius 3 is 2.50 bits per heavy atom. The van der Waals surface area contributed by atoms with Crippen LogP contribution in [0.15, 0.2) is 36.0 Å². The van der Waals surface area contributed by atoms with Crippen LogP contribution in [0.5, 0.6) is 0 Å². The maximum Gasteiger partial charge on any atom is 0.159 e. The third-order valence-electron chi connectivity index (χ3n) is 5.10. The van der Waals surface area contributed by atoms with Crippen LogP contribution in [0.3, 0.4) is 0 Å². The minimum atomic E-state index is 0.135. The summed E-state index contributed by atoms with van der Waals surface area (Å²) in [6, 6.07) is 6.39. The van der Waals surface area contributed by atoms with Crippen molar-refractivity contribution in [1.82, 2.24) is 10.6 Å². The molecule has 0 amide bonds. The lowest BCUT2D eigenvalue weighted by molar-refractivity contribution is 0.101. The van der Waals surface area contributed by atoms with E-state index in [0.29, 0.717) is 5.92 Å². The van der Waals surface area contributed by atoms with Gasteiger partial charge in [-0.2, -0.15) is 0 Å². The number of piperidine rings is 1. The van der Waals surface area contributed by atoms with Crippen LogP contribution in [-0.2, 0) is 6.42 Å². The minimum absolute atomic E-state index is 0.135. The first-order valence-electron chi connectivity index (χ1n) is 9.99. The van der Waals surface area contributed by atoms with E-state index in [2.05, 4.69) is 48.8 Å². The number of hydrogen-bond donors (Lipinski definition) is 2. The van der Waals surface area contributed by atoms with Gasteiger partial charge in [-0.25, -0.2) is 0 Å². The van der Waals surface area contributed by atoms with E-state index >= 15 is 0 Å². The van der Waals surface area contributed by atoms with Gasteiger partial charge in [0.25, 0.3) is 0 Å². The van der Waals surface area contributed by atoms with E-state index < -0.39 is 0 Å². The van der Waals surface area contributed by atoms with Crippen LogP contribution in [0.4, 0.5) is 0 Å². The molecule has 3 nitrogen and oxygen atoms in total. The number of Topliss-reactive ketones (excluding diaryl/α,β-unsaturated/α-hetero) is 1. The van der Waals surface area contributed by atoms with Crippen LogP contribution in [0.25, 0.3) is 5.70 Å². The van der Waals surface area contributed by atoms with Gasteiger partial charge in [0.15, 0.2) is 5.78 Å². The van der Waals surface area contributed by atoms with Crippen LogP contribution in [0, 0.1) is 5.92 Å². The molecule has 0 aliphatic carbocycles. The molecule has 1 aliphatic rings. The standard InChI is InChI=1S/C23H34N2O/c1-5-7-8-23(25-17(3)6-2)22-15-20(14-21(16-22)18(4)26)13-19-9-11-24-12-10-19/h6,8,14-16,19,24-25H,5,7,9-13H2,1-4H3/b17-6-,23-8+. The Hall–Kier alpha value is -1.87. The van der Waals surface area contributed by atoms with Crippen molar-refractivity contribution >= 4 is 11.5 Å². The van der Waals surface area contributed by atoms with Crippen LogP contribution in [0.1, 0.15) is 74.9 Å². The van der Waals surface area contributed by atoms with Gasteiger partial charge in [0.2, 0.25) is 0 Å². The first-order chi connectivity index (χ1) is 12.5. The zero-order chi connectivity index (χ0) is 18.9. The van der Waals surface area contributed by atoms with Gasteiger partial charge < -0.3 is 10.6 Å². The highest BCUT2D eigenvalue weighted by Crippen LogP contribution is 2.24. The number of benzene rings is 1. The van der Waals surface area contributed by atoms with Gasteiger partial charge in [-0.15, -0.1) is 0 Å². The number of unbranched alkanes of at least 4 members (excludes halogenated alkanes) is 1. The third-order valence-corrected chi connectivity index (χ3v) is 5.10. The van der Waals surface area contributed by atoms with Crippen LogP contribution < -0.4 is 10.6 Å². The molecule has 26 heavy (non-hydrogen) atoms. The van der Waals surface area contributed by atoms with Crippen LogP contribution in [0.2, 0.25) is 0 Å².